The van der Waals surface area contributed by atoms with Crippen LogP contribution >= 0.6 is 24.8 Å². The zero-order chi connectivity index (χ0) is 18.2. The highest BCUT2D eigenvalue weighted by Gasteiger charge is 2.16. The van der Waals surface area contributed by atoms with E-state index in [1.165, 1.54) is 13.5 Å². The van der Waals surface area contributed by atoms with Gasteiger partial charge >= 0.3 is 0 Å². The lowest BCUT2D eigenvalue weighted by molar-refractivity contribution is -0.118. The normalized spacial score (nSPS) is 15.1. The first-order chi connectivity index (χ1) is 12.0. The molecule has 1 unspecified atom stereocenters. The molecule has 27 heavy (non-hydrogen) atoms. The van der Waals surface area contributed by atoms with Crippen LogP contribution in [0, 0.1) is 6.92 Å². The van der Waals surface area contributed by atoms with E-state index in [1.54, 1.807) is 12.1 Å². The Kier molecular flexibility index (Phi) is 12.2. The lowest BCUT2D eigenvalue weighted by Gasteiger charge is -2.25. The second-order valence-corrected chi connectivity index (χ2v) is 6.47. The minimum Gasteiger partial charge on any atom is -0.383 e. The summed E-state index contributed by atoms with van der Waals surface area (Å²) in [6.45, 7) is 4.41. The lowest BCUT2D eigenvalue weighted by Crippen LogP contribution is -2.39. The minimum absolute atomic E-state index is 0. The fourth-order valence-corrected chi connectivity index (χ4v) is 2.83. The number of hydrogen-bond donors (Lipinski definition) is 3. The summed E-state index contributed by atoms with van der Waals surface area (Å²) >= 11 is 0. The number of carbonyl (C=O) groups excluding carboxylic acids is 2. The van der Waals surface area contributed by atoms with Crippen LogP contribution in [0.2, 0.25) is 0 Å². The molecule has 7 nitrogen and oxygen atoms in total. The SMILES string of the molecule is COCC(N)C(=O)Nc1ccc(C)c(NC(=O)CN2CCCCC2)c1.Cl.Cl. The van der Waals surface area contributed by atoms with Gasteiger partial charge in [-0.3, -0.25) is 14.5 Å². The number of carbonyl (C=O) groups is 2. The number of halogens is 2. The van der Waals surface area contributed by atoms with E-state index >= 15 is 0 Å². The molecule has 2 rings (SSSR count). The van der Waals surface area contributed by atoms with Crippen LogP contribution in [-0.2, 0) is 14.3 Å². The number of hydrogen-bond acceptors (Lipinski definition) is 5. The van der Waals surface area contributed by atoms with Gasteiger partial charge in [0.05, 0.1) is 13.2 Å². The molecule has 154 valence electrons. The number of nitrogens with two attached hydrogens (primary N) is 1. The number of ether oxygens (including phenoxy) is 1. The largest absolute Gasteiger partial charge is 0.383 e. The molecule has 0 bridgehead atoms. The first-order valence-corrected chi connectivity index (χ1v) is 8.68. The number of anilines is 2. The number of amides is 2. The van der Waals surface area contributed by atoms with Crippen LogP contribution in [0.5, 0.6) is 0 Å². The van der Waals surface area contributed by atoms with Crippen LogP contribution < -0.4 is 16.4 Å². The lowest BCUT2D eigenvalue weighted by atomic mass is 10.1. The van der Waals surface area contributed by atoms with E-state index in [1.807, 2.05) is 13.0 Å². The average molecular weight is 421 g/mol. The van der Waals surface area contributed by atoms with Crippen molar-refractivity contribution in [1.29, 1.82) is 0 Å². The summed E-state index contributed by atoms with van der Waals surface area (Å²) < 4.78 is 4.88. The van der Waals surface area contributed by atoms with Gasteiger partial charge in [-0.25, -0.2) is 0 Å². The van der Waals surface area contributed by atoms with Crippen LogP contribution in [0.25, 0.3) is 0 Å². The van der Waals surface area contributed by atoms with E-state index in [-0.39, 0.29) is 43.2 Å². The molecule has 1 aliphatic rings. The van der Waals surface area contributed by atoms with Gasteiger partial charge in [0, 0.05) is 18.5 Å². The second-order valence-electron chi connectivity index (χ2n) is 6.47. The van der Waals surface area contributed by atoms with Crippen molar-refractivity contribution >= 4 is 48.0 Å². The molecule has 1 fully saturated rings. The zero-order valence-corrected chi connectivity index (χ0v) is 17.5. The van der Waals surface area contributed by atoms with Crippen LogP contribution in [0.15, 0.2) is 18.2 Å². The Bertz CT molecular complexity index is 610. The molecule has 1 atom stereocenters. The van der Waals surface area contributed by atoms with Gasteiger partial charge in [-0.15, -0.1) is 24.8 Å². The predicted octanol–water partition coefficient (Wildman–Crippen LogP) is 2.18. The predicted molar refractivity (Wildman–Crippen MR) is 113 cm³/mol. The summed E-state index contributed by atoms with van der Waals surface area (Å²) in [5.41, 5.74) is 7.94. The maximum atomic E-state index is 12.3. The maximum absolute atomic E-state index is 12.3. The van der Waals surface area contributed by atoms with Crippen molar-refractivity contribution in [1.82, 2.24) is 4.90 Å². The molecule has 1 aromatic carbocycles. The minimum atomic E-state index is -0.733. The van der Waals surface area contributed by atoms with Crippen LogP contribution in [0.3, 0.4) is 0 Å². The van der Waals surface area contributed by atoms with Gasteiger partial charge in [0.1, 0.15) is 6.04 Å². The van der Waals surface area contributed by atoms with Gasteiger partial charge < -0.3 is 21.1 Å². The van der Waals surface area contributed by atoms with Crippen molar-refractivity contribution in [2.75, 3.05) is 44.0 Å². The molecule has 0 saturated carbocycles. The molecule has 0 aliphatic carbocycles. The second kappa shape index (κ2) is 12.9. The van der Waals surface area contributed by atoms with Crippen molar-refractivity contribution in [3.8, 4) is 0 Å². The number of rotatable bonds is 7. The molecule has 2 amide bonds. The van der Waals surface area contributed by atoms with E-state index in [9.17, 15) is 9.59 Å². The Morgan fingerprint density at radius 2 is 1.85 bits per heavy atom. The molecule has 0 radical (unpaired) electrons. The molecular weight excluding hydrogens is 391 g/mol. The fraction of sp³-hybridized carbons (Fsp3) is 0.556. The standard InChI is InChI=1S/C18H28N4O3.2ClH/c1-13-6-7-14(20-18(24)15(19)12-25-2)10-16(13)21-17(23)11-22-8-4-3-5-9-22;;/h6-7,10,15H,3-5,8-9,11-12,19H2,1-2H3,(H,20,24)(H,21,23);2*1H. The first-order valence-electron chi connectivity index (χ1n) is 8.68. The third-order valence-corrected chi connectivity index (χ3v) is 4.28. The quantitative estimate of drug-likeness (QED) is 0.627. The number of methoxy groups -OCH3 is 1. The van der Waals surface area contributed by atoms with Gasteiger partial charge in [0.2, 0.25) is 11.8 Å². The van der Waals surface area contributed by atoms with E-state index in [2.05, 4.69) is 15.5 Å². The van der Waals surface area contributed by atoms with Gasteiger partial charge in [-0.2, -0.15) is 0 Å². The molecule has 1 heterocycles. The van der Waals surface area contributed by atoms with Gasteiger partial charge in [0.15, 0.2) is 0 Å². The summed E-state index contributed by atoms with van der Waals surface area (Å²) in [5.74, 6) is -0.360. The highest BCUT2D eigenvalue weighted by molar-refractivity contribution is 5.97. The van der Waals surface area contributed by atoms with Gasteiger partial charge in [-0.1, -0.05) is 12.5 Å². The van der Waals surface area contributed by atoms with Gasteiger partial charge in [-0.05, 0) is 50.6 Å². The number of benzene rings is 1. The van der Waals surface area contributed by atoms with Crippen LogP contribution in [0.4, 0.5) is 11.4 Å². The van der Waals surface area contributed by atoms with E-state index in [0.717, 1.165) is 31.5 Å². The van der Waals surface area contributed by atoms with Crippen molar-refractivity contribution < 1.29 is 14.3 Å². The Morgan fingerprint density at radius 1 is 1.19 bits per heavy atom. The number of nitrogens with zero attached hydrogens (tertiary/aromatic N) is 1. The Hall–Kier alpha value is -1.38. The van der Waals surface area contributed by atoms with Crippen LogP contribution in [0.1, 0.15) is 24.8 Å². The number of piperidine rings is 1. The molecule has 4 N–H and O–H groups in total. The molecule has 0 aromatic heterocycles. The van der Waals surface area contributed by atoms with E-state index in [0.29, 0.717) is 17.9 Å². The summed E-state index contributed by atoms with van der Waals surface area (Å²) in [6, 6.07) is 4.66. The first kappa shape index (κ1) is 25.6. The summed E-state index contributed by atoms with van der Waals surface area (Å²) in [6.07, 6.45) is 3.54. The zero-order valence-electron chi connectivity index (χ0n) is 15.8. The Morgan fingerprint density at radius 3 is 2.48 bits per heavy atom. The molecule has 1 aromatic rings. The van der Waals surface area contributed by atoms with E-state index in [4.69, 9.17) is 10.5 Å². The average Bonchev–Trinajstić information content (AvgIpc) is 2.59. The summed E-state index contributed by atoms with van der Waals surface area (Å²) in [5, 5.41) is 5.68. The topological polar surface area (TPSA) is 96.7 Å². The fourth-order valence-electron chi connectivity index (χ4n) is 2.83. The van der Waals surface area contributed by atoms with Crippen molar-refractivity contribution in [3.05, 3.63) is 23.8 Å². The molecule has 1 aliphatic heterocycles. The van der Waals surface area contributed by atoms with Crippen molar-refractivity contribution in [2.45, 2.75) is 32.2 Å². The van der Waals surface area contributed by atoms with Crippen molar-refractivity contribution in [2.24, 2.45) is 5.73 Å². The monoisotopic (exact) mass is 420 g/mol. The van der Waals surface area contributed by atoms with Gasteiger partial charge in [0.25, 0.3) is 0 Å². The molecule has 1 saturated heterocycles. The van der Waals surface area contributed by atoms with Crippen LogP contribution in [-0.4, -0.2) is 56.1 Å². The molecular formula is C18H30Cl2N4O3. The molecule has 0 spiro atoms. The maximum Gasteiger partial charge on any atom is 0.243 e. The molecule has 9 heteroatoms. The highest BCUT2D eigenvalue weighted by Crippen LogP contribution is 2.20. The highest BCUT2D eigenvalue weighted by atomic mass is 35.5. The third kappa shape index (κ3) is 8.45. The van der Waals surface area contributed by atoms with Crippen molar-refractivity contribution in [3.63, 3.8) is 0 Å². The summed E-state index contributed by atoms with van der Waals surface area (Å²) in [4.78, 5) is 26.4. The smallest absolute Gasteiger partial charge is 0.243 e. The number of aryl methyl sites for hydroxylation is 1. The Labute approximate surface area is 173 Å². The third-order valence-electron chi connectivity index (χ3n) is 4.28. The number of nitrogens with one attached hydrogen (secondary N) is 2. The number of likely N-dealkylation sites (tertiary alicyclic amines) is 1. The Balaban J connectivity index is 0.00000338. The summed E-state index contributed by atoms with van der Waals surface area (Å²) in [7, 11) is 1.50. The van der Waals surface area contributed by atoms with E-state index < -0.39 is 6.04 Å².